The number of para-hydroxylation sites is 1. The van der Waals surface area contributed by atoms with Crippen molar-refractivity contribution in [1.29, 1.82) is 0 Å². The van der Waals surface area contributed by atoms with Crippen molar-refractivity contribution in [3.8, 4) is 11.5 Å². The highest BCUT2D eigenvalue weighted by Crippen LogP contribution is 2.34. The lowest BCUT2D eigenvalue weighted by atomic mass is 10.1. The molecule has 0 radical (unpaired) electrons. The number of sulfonamides is 1. The fourth-order valence-electron chi connectivity index (χ4n) is 4.46. The van der Waals surface area contributed by atoms with Gasteiger partial charge in [0.05, 0.1) is 30.7 Å². The molecule has 2 aromatic carbocycles. The number of methoxy groups -OCH3 is 1. The van der Waals surface area contributed by atoms with Gasteiger partial charge in [-0.25, -0.2) is 8.42 Å². The van der Waals surface area contributed by atoms with Crippen molar-refractivity contribution < 1.29 is 23.0 Å². The molecule has 1 aromatic heterocycles. The number of aromatic nitrogens is 2. The van der Waals surface area contributed by atoms with Gasteiger partial charge >= 0.3 is 0 Å². The van der Waals surface area contributed by atoms with Crippen molar-refractivity contribution in [2.24, 2.45) is 0 Å². The number of allylic oxidation sites excluding steroid dienone is 1. The standard InChI is InChI=1S/C26H31N3O5S/c1-5-8-20-11-12-24(25(15-20)33-4)34-17-22(30)16-28-19(3)26(18(2)27-28)35(31,32)29-14-13-21-9-6-7-10-23(21)29/h5-7,9-12,15,22,30H,1,8,13-14,16-17H2,2-4H3. The summed E-state index contributed by atoms with van der Waals surface area (Å²) in [6.45, 7) is 7.62. The van der Waals surface area contributed by atoms with Gasteiger partial charge in [-0.05, 0) is 56.0 Å². The number of aryl methyl sites for hydroxylation is 1. The van der Waals surface area contributed by atoms with Gasteiger partial charge in [0.25, 0.3) is 10.0 Å². The lowest BCUT2D eigenvalue weighted by Crippen LogP contribution is -2.30. The third-order valence-corrected chi connectivity index (χ3v) is 8.20. The number of hydrogen-bond donors (Lipinski definition) is 1. The second kappa shape index (κ2) is 10.1. The number of anilines is 1. The van der Waals surface area contributed by atoms with E-state index in [9.17, 15) is 13.5 Å². The molecule has 0 spiro atoms. The van der Waals surface area contributed by atoms with Crippen LogP contribution in [0.25, 0.3) is 0 Å². The first kappa shape index (κ1) is 24.8. The number of fused-ring (bicyclic) bond motifs is 1. The van der Waals surface area contributed by atoms with Crippen LogP contribution in [0.3, 0.4) is 0 Å². The molecule has 4 rings (SSSR count). The Bertz CT molecular complexity index is 1330. The lowest BCUT2D eigenvalue weighted by Gasteiger charge is -2.20. The summed E-state index contributed by atoms with van der Waals surface area (Å²) in [4.78, 5) is 0.182. The highest BCUT2D eigenvalue weighted by Gasteiger charge is 2.35. The molecule has 3 aromatic rings. The predicted octanol–water partition coefficient (Wildman–Crippen LogP) is 3.43. The van der Waals surface area contributed by atoms with E-state index in [0.29, 0.717) is 48.0 Å². The van der Waals surface area contributed by atoms with Crippen molar-refractivity contribution in [2.75, 3.05) is 24.6 Å². The van der Waals surface area contributed by atoms with Crippen molar-refractivity contribution in [1.82, 2.24) is 9.78 Å². The molecule has 0 fully saturated rings. The molecule has 0 bridgehead atoms. The summed E-state index contributed by atoms with van der Waals surface area (Å²) < 4.78 is 41.3. The van der Waals surface area contributed by atoms with Crippen LogP contribution >= 0.6 is 0 Å². The molecule has 0 aliphatic carbocycles. The molecule has 186 valence electrons. The van der Waals surface area contributed by atoms with Gasteiger partial charge in [-0.1, -0.05) is 30.3 Å². The molecule has 0 saturated carbocycles. The molecule has 0 amide bonds. The molecule has 1 atom stereocenters. The topological polar surface area (TPSA) is 93.9 Å². The van der Waals surface area contributed by atoms with Crippen LogP contribution in [0.2, 0.25) is 0 Å². The third kappa shape index (κ3) is 4.92. The minimum atomic E-state index is -3.79. The van der Waals surface area contributed by atoms with E-state index in [1.165, 1.54) is 8.99 Å². The maximum absolute atomic E-state index is 13.6. The number of hydrogen-bond acceptors (Lipinski definition) is 6. The zero-order valence-corrected chi connectivity index (χ0v) is 21.1. The Hall–Kier alpha value is -3.30. The minimum Gasteiger partial charge on any atom is -0.493 e. The van der Waals surface area contributed by atoms with Gasteiger partial charge in [0.15, 0.2) is 11.5 Å². The smallest absolute Gasteiger partial charge is 0.268 e. The van der Waals surface area contributed by atoms with Crippen molar-refractivity contribution in [2.45, 2.75) is 44.2 Å². The van der Waals surface area contributed by atoms with Gasteiger partial charge in [-0.15, -0.1) is 6.58 Å². The van der Waals surface area contributed by atoms with Crippen LogP contribution in [0.1, 0.15) is 22.5 Å². The van der Waals surface area contributed by atoms with E-state index >= 15 is 0 Å². The van der Waals surface area contributed by atoms with Crippen LogP contribution in [0.15, 0.2) is 60.0 Å². The molecular formula is C26H31N3O5S. The SMILES string of the molecule is C=CCc1ccc(OCC(O)Cn2nc(C)c(S(=O)(=O)N3CCc4ccccc43)c2C)c(OC)c1. The van der Waals surface area contributed by atoms with Gasteiger partial charge in [0.2, 0.25) is 0 Å². The summed E-state index contributed by atoms with van der Waals surface area (Å²) in [7, 11) is -2.23. The normalized spacial score (nSPS) is 14.0. The van der Waals surface area contributed by atoms with Crippen LogP contribution < -0.4 is 13.8 Å². The summed E-state index contributed by atoms with van der Waals surface area (Å²) in [6, 6.07) is 13.1. The van der Waals surface area contributed by atoms with Crippen LogP contribution in [-0.2, 0) is 29.4 Å². The lowest BCUT2D eigenvalue weighted by molar-refractivity contribution is 0.0872. The Morgan fingerprint density at radius 1 is 1.20 bits per heavy atom. The average Bonchev–Trinajstić information content (AvgIpc) is 3.39. The summed E-state index contributed by atoms with van der Waals surface area (Å²) >= 11 is 0. The Balaban J connectivity index is 1.48. The van der Waals surface area contributed by atoms with E-state index in [0.717, 1.165) is 11.1 Å². The number of aliphatic hydroxyl groups is 1. The number of nitrogens with zero attached hydrogens (tertiary/aromatic N) is 3. The fraction of sp³-hybridized carbons (Fsp3) is 0.346. The number of benzene rings is 2. The second-order valence-corrected chi connectivity index (χ2v) is 10.4. The number of ether oxygens (including phenoxy) is 2. The second-order valence-electron chi connectivity index (χ2n) is 8.58. The van der Waals surface area contributed by atoms with Crippen molar-refractivity contribution in [3.63, 3.8) is 0 Å². The maximum Gasteiger partial charge on any atom is 0.268 e. The van der Waals surface area contributed by atoms with Gasteiger partial charge in [0, 0.05) is 6.54 Å². The van der Waals surface area contributed by atoms with Crippen LogP contribution in [0.4, 0.5) is 5.69 Å². The quantitative estimate of drug-likeness (QED) is 0.432. The Morgan fingerprint density at radius 3 is 2.71 bits per heavy atom. The largest absolute Gasteiger partial charge is 0.493 e. The molecule has 1 N–H and O–H groups in total. The van der Waals surface area contributed by atoms with Crippen molar-refractivity contribution in [3.05, 3.63) is 77.6 Å². The van der Waals surface area contributed by atoms with Crippen molar-refractivity contribution >= 4 is 15.7 Å². The molecular weight excluding hydrogens is 466 g/mol. The first-order chi connectivity index (χ1) is 16.8. The van der Waals surface area contributed by atoms with E-state index in [1.807, 2.05) is 42.5 Å². The van der Waals surface area contributed by atoms with Crippen LogP contribution in [-0.4, -0.2) is 49.7 Å². The molecule has 1 unspecified atom stereocenters. The highest BCUT2D eigenvalue weighted by atomic mass is 32.2. The van der Waals surface area contributed by atoms with E-state index in [2.05, 4.69) is 11.7 Å². The van der Waals surface area contributed by atoms with Crippen LogP contribution in [0.5, 0.6) is 11.5 Å². The Kier molecular flexibility index (Phi) is 7.18. The molecule has 0 saturated heterocycles. The first-order valence-corrected chi connectivity index (χ1v) is 12.9. The minimum absolute atomic E-state index is 0.00288. The summed E-state index contributed by atoms with van der Waals surface area (Å²) in [6.07, 6.45) is 2.29. The van der Waals surface area contributed by atoms with E-state index in [1.54, 1.807) is 27.0 Å². The summed E-state index contributed by atoms with van der Waals surface area (Å²) in [5, 5.41) is 15.1. The average molecular weight is 498 g/mol. The molecule has 1 aliphatic heterocycles. The molecule has 2 heterocycles. The molecule has 1 aliphatic rings. The molecule has 35 heavy (non-hydrogen) atoms. The van der Waals surface area contributed by atoms with Gasteiger partial charge in [-0.3, -0.25) is 8.99 Å². The van der Waals surface area contributed by atoms with E-state index in [4.69, 9.17) is 9.47 Å². The maximum atomic E-state index is 13.6. The fourth-order valence-corrected chi connectivity index (χ4v) is 6.34. The van der Waals surface area contributed by atoms with Gasteiger partial charge < -0.3 is 14.6 Å². The summed E-state index contributed by atoms with van der Waals surface area (Å²) in [5.41, 5.74) is 3.65. The van der Waals surface area contributed by atoms with E-state index in [-0.39, 0.29) is 18.0 Å². The van der Waals surface area contributed by atoms with Gasteiger partial charge in [-0.2, -0.15) is 5.10 Å². The third-order valence-electron chi connectivity index (χ3n) is 6.13. The Labute approximate surface area is 206 Å². The summed E-state index contributed by atoms with van der Waals surface area (Å²) in [5.74, 6) is 1.09. The zero-order chi connectivity index (χ0) is 25.2. The monoisotopic (exact) mass is 497 g/mol. The Morgan fingerprint density at radius 2 is 1.97 bits per heavy atom. The van der Waals surface area contributed by atoms with Crippen LogP contribution in [0, 0.1) is 13.8 Å². The highest BCUT2D eigenvalue weighted by molar-refractivity contribution is 7.93. The number of rotatable bonds is 10. The van der Waals surface area contributed by atoms with E-state index < -0.39 is 16.1 Å². The predicted molar refractivity (Wildman–Crippen MR) is 135 cm³/mol. The first-order valence-electron chi connectivity index (χ1n) is 11.5. The molecule has 8 nitrogen and oxygen atoms in total. The molecule has 9 heteroatoms. The van der Waals surface area contributed by atoms with Gasteiger partial charge in [0.1, 0.15) is 17.6 Å². The zero-order valence-electron chi connectivity index (χ0n) is 20.3. The number of aliphatic hydroxyl groups excluding tert-OH is 1.